The normalized spacial score (nSPS) is 10.5. The van der Waals surface area contributed by atoms with Gasteiger partial charge < -0.3 is 0 Å². The Labute approximate surface area is 137 Å². The fraction of sp³-hybridized carbons (Fsp3) is 0.250. The summed E-state index contributed by atoms with van der Waals surface area (Å²) in [5.41, 5.74) is 3.61. The molecule has 2 rings (SSSR count). The molecule has 0 N–H and O–H groups in total. The van der Waals surface area contributed by atoms with E-state index in [1.54, 1.807) is 37.7 Å². The number of nitrogens with zero attached hydrogens (tertiary/aromatic N) is 2. The van der Waals surface area contributed by atoms with E-state index in [2.05, 4.69) is 0 Å². The lowest BCUT2D eigenvalue weighted by Crippen LogP contribution is -1.94. The number of rotatable bonds is 6. The first-order chi connectivity index (χ1) is 10.9. The van der Waals surface area contributed by atoms with E-state index in [9.17, 15) is 20.2 Å². The van der Waals surface area contributed by atoms with Crippen LogP contribution in [0.1, 0.15) is 22.3 Å². The molecule has 0 heterocycles. The molecule has 120 valence electrons. The molecule has 0 aliphatic carbocycles. The summed E-state index contributed by atoms with van der Waals surface area (Å²) in [6, 6.07) is 10.2. The smallest absolute Gasteiger partial charge is 0.258 e. The Kier molecular flexibility index (Phi) is 5.33. The van der Waals surface area contributed by atoms with Gasteiger partial charge in [-0.2, -0.15) is 11.8 Å². The van der Waals surface area contributed by atoms with E-state index >= 15 is 0 Å². The maximum atomic E-state index is 10.8. The van der Waals surface area contributed by atoms with E-state index in [-0.39, 0.29) is 21.2 Å². The number of aryl methyl sites for hydroxylation is 2. The molecule has 0 unspecified atom stereocenters. The third-order valence-corrected chi connectivity index (χ3v) is 4.53. The second kappa shape index (κ2) is 7.23. The van der Waals surface area contributed by atoms with Crippen molar-refractivity contribution >= 4 is 23.1 Å². The zero-order chi connectivity index (χ0) is 17.0. The molecule has 0 amide bonds. The van der Waals surface area contributed by atoms with Crippen LogP contribution in [0.5, 0.6) is 0 Å². The molecule has 0 aliphatic heterocycles. The largest absolute Gasteiger partial charge is 0.272 e. The van der Waals surface area contributed by atoms with Gasteiger partial charge in [0.1, 0.15) is 0 Å². The number of thioether (sulfide) groups is 1. The van der Waals surface area contributed by atoms with Crippen LogP contribution < -0.4 is 0 Å². The van der Waals surface area contributed by atoms with Crippen molar-refractivity contribution in [1.82, 2.24) is 0 Å². The summed E-state index contributed by atoms with van der Waals surface area (Å²) in [6.45, 7) is 3.46. The summed E-state index contributed by atoms with van der Waals surface area (Å²) < 4.78 is 0. The molecule has 7 heteroatoms. The minimum Gasteiger partial charge on any atom is -0.258 e. The molecule has 0 aromatic heterocycles. The summed E-state index contributed by atoms with van der Waals surface area (Å²) in [7, 11) is 0. The second-order valence-corrected chi connectivity index (χ2v) is 6.23. The monoisotopic (exact) mass is 332 g/mol. The lowest BCUT2D eigenvalue weighted by molar-refractivity contribution is -0.385. The zero-order valence-corrected chi connectivity index (χ0v) is 13.6. The number of nitro groups is 2. The van der Waals surface area contributed by atoms with Crippen LogP contribution in [0.3, 0.4) is 0 Å². The van der Waals surface area contributed by atoms with Gasteiger partial charge in [-0.1, -0.05) is 12.1 Å². The van der Waals surface area contributed by atoms with Gasteiger partial charge in [0.25, 0.3) is 11.4 Å². The summed E-state index contributed by atoms with van der Waals surface area (Å²) >= 11 is 1.67. The SMILES string of the molecule is Cc1cc(CSCc2ccc([N+](=O)[O-])c(C)c2)ccc1[N+](=O)[O-]. The highest BCUT2D eigenvalue weighted by Crippen LogP contribution is 2.25. The summed E-state index contributed by atoms with van der Waals surface area (Å²) in [4.78, 5) is 20.8. The molecular formula is C16H16N2O4S. The Bertz CT molecular complexity index is 698. The molecule has 0 radical (unpaired) electrons. The maximum absolute atomic E-state index is 10.8. The average Bonchev–Trinajstić information content (AvgIpc) is 2.46. The maximum Gasteiger partial charge on any atom is 0.272 e. The van der Waals surface area contributed by atoms with Gasteiger partial charge in [0, 0.05) is 34.8 Å². The quantitative estimate of drug-likeness (QED) is 0.572. The molecule has 0 fully saturated rings. The van der Waals surface area contributed by atoms with E-state index in [0.29, 0.717) is 11.1 Å². The molecule has 0 saturated carbocycles. The summed E-state index contributed by atoms with van der Waals surface area (Å²) in [5, 5.41) is 21.6. The lowest BCUT2D eigenvalue weighted by atomic mass is 10.1. The van der Waals surface area contributed by atoms with Crippen LogP contribution in [0.25, 0.3) is 0 Å². The van der Waals surface area contributed by atoms with Crippen molar-refractivity contribution in [1.29, 1.82) is 0 Å². The van der Waals surface area contributed by atoms with Crippen LogP contribution in [0.2, 0.25) is 0 Å². The lowest BCUT2D eigenvalue weighted by Gasteiger charge is -2.05. The first-order valence-electron chi connectivity index (χ1n) is 6.94. The Balaban J connectivity index is 1.97. The third kappa shape index (κ3) is 4.29. The van der Waals surface area contributed by atoms with Crippen molar-refractivity contribution in [2.45, 2.75) is 25.4 Å². The van der Waals surface area contributed by atoms with Gasteiger partial charge in [0.2, 0.25) is 0 Å². The molecule has 0 atom stereocenters. The average molecular weight is 332 g/mol. The van der Waals surface area contributed by atoms with Crippen molar-refractivity contribution in [2.24, 2.45) is 0 Å². The van der Waals surface area contributed by atoms with E-state index in [1.807, 2.05) is 12.1 Å². The highest BCUT2D eigenvalue weighted by Gasteiger charge is 2.11. The predicted octanol–water partition coefficient (Wildman–Crippen LogP) is 4.55. The number of benzene rings is 2. The molecule has 0 spiro atoms. The highest BCUT2D eigenvalue weighted by molar-refractivity contribution is 7.97. The van der Waals surface area contributed by atoms with Crippen LogP contribution in [-0.2, 0) is 11.5 Å². The fourth-order valence-corrected chi connectivity index (χ4v) is 3.24. The van der Waals surface area contributed by atoms with Crippen LogP contribution >= 0.6 is 11.8 Å². The zero-order valence-electron chi connectivity index (χ0n) is 12.8. The van der Waals surface area contributed by atoms with Crippen LogP contribution in [0.15, 0.2) is 36.4 Å². The van der Waals surface area contributed by atoms with Crippen molar-refractivity contribution < 1.29 is 9.85 Å². The Morgan fingerprint density at radius 2 is 1.22 bits per heavy atom. The Hall–Kier alpha value is -2.41. The van der Waals surface area contributed by atoms with Gasteiger partial charge >= 0.3 is 0 Å². The third-order valence-electron chi connectivity index (χ3n) is 3.45. The number of hydrogen-bond donors (Lipinski definition) is 0. The first-order valence-corrected chi connectivity index (χ1v) is 8.09. The van der Waals surface area contributed by atoms with Crippen LogP contribution in [0.4, 0.5) is 11.4 Å². The molecule has 23 heavy (non-hydrogen) atoms. The molecule has 0 saturated heterocycles. The van der Waals surface area contributed by atoms with Crippen molar-refractivity contribution in [3.63, 3.8) is 0 Å². The van der Waals surface area contributed by atoms with Gasteiger partial charge in [-0.25, -0.2) is 0 Å². The summed E-state index contributed by atoms with van der Waals surface area (Å²) in [5.74, 6) is 1.46. The fourth-order valence-electron chi connectivity index (χ4n) is 2.31. The van der Waals surface area contributed by atoms with E-state index in [0.717, 1.165) is 22.6 Å². The molecule has 0 aliphatic rings. The van der Waals surface area contributed by atoms with Crippen molar-refractivity contribution in [3.8, 4) is 0 Å². The first kappa shape index (κ1) is 17.0. The van der Waals surface area contributed by atoms with Crippen molar-refractivity contribution in [3.05, 3.63) is 78.9 Å². The van der Waals surface area contributed by atoms with E-state index < -0.39 is 0 Å². The van der Waals surface area contributed by atoms with Gasteiger partial charge in [-0.05, 0) is 37.1 Å². The van der Waals surface area contributed by atoms with Crippen LogP contribution in [-0.4, -0.2) is 9.85 Å². The molecular weight excluding hydrogens is 316 g/mol. The van der Waals surface area contributed by atoms with Gasteiger partial charge in [0.15, 0.2) is 0 Å². The van der Waals surface area contributed by atoms with Gasteiger partial charge in [0.05, 0.1) is 9.85 Å². The van der Waals surface area contributed by atoms with Crippen LogP contribution in [0, 0.1) is 34.1 Å². The minimum atomic E-state index is -0.383. The molecule has 0 bridgehead atoms. The Morgan fingerprint density at radius 1 is 0.826 bits per heavy atom. The molecule has 6 nitrogen and oxygen atoms in total. The van der Waals surface area contributed by atoms with E-state index in [4.69, 9.17) is 0 Å². The van der Waals surface area contributed by atoms with Gasteiger partial charge in [-0.15, -0.1) is 0 Å². The topological polar surface area (TPSA) is 86.3 Å². The number of hydrogen-bond acceptors (Lipinski definition) is 5. The Morgan fingerprint density at radius 3 is 1.52 bits per heavy atom. The molecule has 2 aromatic carbocycles. The van der Waals surface area contributed by atoms with Gasteiger partial charge in [-0.3, -0.25) is 20.2 Å². The second-order valence-electron chi connectivity index (χ2n) is 5.25. The standard InChI is InChI=1S/C16H16N2O4S/c1-11-7-13(3-5-15(11)17(19)20)9-23-10-14-4-6-16(18(21)22)12(2)8-14/h3-8H,9-10H2,1-2H3. The molecule has 2 aromatic rings. The highest BCUT2D eigenvalue weighted by atomic mass is 32.2. The minimum absolute atomic E-state index is 0.129. The van der Waals surface area contributed by atoms with Crippen molar-refractivity contribution in [2.75, 3.05) is 0 Å². The van der Waals surface area contributed by atoms with E-state index in [1.165, 1.54) is 12.1 Å². The number of nitro benzene ring substituents is 2. The summed E-state index contributed by atoms with van der Waals surface area (Å²) in [6.07, 6.45) is 0. The predicted molar refractivity (Wildman–Crippen MR) is 90.7 cm³/mol.